The topological polar surface area (TPSA) is 75.3 Å². The van der Waals surface area contributed by atoms with Crippen molar-refractivity contribution in [2.45, 2.75) is 19.8 Å². The molecule has 3 aromatic rings. The maximum atomic E-state index is 13.5. The molecule has 3 atom stereocenters. The van der Waals surface area contributed by atoms with Gasteiger partial charge in [0.25, 0.3) is 0 Å². The van der Waals surface area contributed by atoms with E-state index in [9.17, 15) is 14.4 Å². The fourth-order valence-electron chi connectivity index (χ4n) is 4.38. The van der Waals surface area contributed by atoms with E-state index in [-0.39, 0.29) is 11.7 Å². The van der Waals surface area contributed by atoms with E-state index in [1.54, 1.807) is 19.1 Å². The number of para-hydroxylation sites is 2. The molecule has 0 saturated heterocycles. The summed E-state index contributed by atoms with van der Waals surface area (Å²) in [5.74, 6) is -3.28. The lowest BCUT2D eigenvalue weighted by Crippen LogP contribution is -2.44. The Labute approximate surface area is 193 Å². The van der Waals surface area contributed by atoms with Gasteiger partial charge in [-0.3, -0.25) is 14.4 Å². The van der Waals surface area contributed by atoms with Gasteiger partial charge in [-0.05, 0) is 49.8 Å². The molecule has 3 unspecified atom stereocenters. The molecule has 4 rings (SSSR count). The molecule has 0 radical (unpaired) electrons. The predicted octanol–water partition coefficient (Wildman–Crippen LogP) is 5.12. The van der Waals surface area contributed by atoms with E-state index in [4.69, 9.17) is 0 Å². The SMILES string of the molecule is CC1=CC(=O)C(C(=O)Nc2ccccc2)C(c2ccc(C)cc2)C1C(=O)Nc1ccccc1. The number of ketones is 1. The van der Waals surface area contributed by atoms with Crippen LogP contribution in [0.3, 0.4) is 0 Å². The fourth-order valence-corrected chi connectivity index (χ4v) is 4.38. The number of amides is 2. The standard InChI is InChI=1S/C28H26N2O3/c1-18-13-15-20(16-14-18)25-24(27(32)29-21-9-5-3-6-10-21)19(2)17-23(31)26(25)28(33)30-22-11-7-4-8-12-22/h3-17,24-26H,1-2H3,(H,29,32)(H,30,33). The molecule has 0 spiro atoms. The molecular formula is C28H26N2O3. The average molecular weight is 439 g/mol. The Morgan fingerprint density at radius 3 is 1.67 bits per heavy atom. The van der Waals surface area contributed by atoms with Gasteiger partial charge in [0, 0.05) is 17.3 Å². The van der Waals surface area contributed by atoms with Crippen LogP contribution in [-0.2, 0) is 14.4 Å². The van der Waals surface area contributed by atoms with Gasteiger partial charge in [0.2, 0.25) is 11.8 Å². The Morgan fingerprint density at radius 1 is 0.667 bits per heavy atom. The number of carbonyl (C=O) groups is 3. The monoisotopic (exact) mass is 438 g/mol. The minimum atomic E-state index is -1.02. The summed E-state index contributed by atoms with van der Waals surface area (Å²) in [5.41, 5.74) is 3.75. The minimum Gasteiger partial charge on any atom is -0.326 e. The summed E-state index contributed by atoms with van der Waals surface area (Å²) in [6, 6.07) is 25.9. The summed E-state index contributed by atoms with van der Waals surface area (Å²) >= 11 is 0. The molecule has 0 fully saturated rings. The van der Waals surface area contributed by atoms with Crippen molar-refractivity contribution in [2.24, 2.45) is 11.8 Å². The predicted molar refractivity (Wildman–Crippen MR) is 130 cm³/mol. The Kier molecular flexibility index (Phi) is 6.50. The van der Waals surface area contributed by atoms with Gasteiger partial charge in [-0.2, -0.15) is 0 Å². The molecule has 5 nitrogen and oxygen atoms in total. The Bertz CT molecular complexity index is 1180. The van der Waals surface area contributed by atoms with Crippen molar-refractivity contribution in [3.63, 3.8) is 0 Å². The number of benzene rings is 3. The first-order valence-corrected chi connectivity index (χ1v) is 10.9. The summed E-state index contributed by atoms with van der Waals surface area (Å²) in [5, 5.41) is 5.81. The Morgan fingerprint density at radius 2 is 1.15 bits per heavy atom. The van der Waals surface area contributed by atoms with E-state index in [1.165, 1.54) is 6.08 Å². The quantitative estimate of drug-likeness (QED) is 0.543. The lowest BCUT2D eigenvalue weighted by atomic mass is 9.67. The van der Waals surface area contributed by atoms with E-state index in [1.807, 2.05) is 79.7 Å². The van der Waals surface area contributed by atoms with Crippen molar-refractivity contribution in [3.05, 3.63) is 108 Å². The molecule has 166 valence electrons. The maximum Gasteiger partial charge on any atom is 0.235 e. The zero-order chi connectivity index (χ0) is 23.4. The van der Waals surface area contributed by atoms with Gasteiger partial charge < -0.3 is 10.6 Å². The van der Waals surface area contributed by atoms with Crippen molar-refractivity contribution >= 4 is 29.0 Å². The summed E-state index contributed by atoms with van der Waals surface area (Å²) in [6.45, 7) is 3.75. The third-order valence-corrected chi connectivity index (χ3v) is 6.00. The number of hydrogen-bond acceptors (Lipinski definition) is 3. The molecule has 1 aliphatic carbocycles. The molecule has 5 heteroatoms. The van der Waals surface area contributed by atoms with Crippen LogP contribution in [0.15, 0.2) is 96.6 Å². The van der Waals surface area contributed by atoms with Gasteiger partial charge >= 0.3 is 0 Å². The number of rotatable bonds is 5. The second-order valence-corrected chi connectivity index (χ2v) is 8.39. The van der Waals surface area contributed by atoms with Crippen molar-refractivity contribution in [1.82, 2.24) is 0 Å². The molecule has 0 heterocycles. The normalized spacial score (nSPS) is 20.0. The van der Waals surface area contributed by atoms with Crippen LogP contribution in [0.2, 0.25) is 0 Å². The first kappa shape index (κ1) is 22.2. The second kappa shape index (κ2) is 9.65. The molecule has 0 bridgehead atoms. The largest absolute Gasteiger partial charge is 0.326 e. The summed E-state index contributed by atoms with van der Waals surface area (Å²) < 4.78 is 0. The fraction of sp³-hybridized carbons (Fsp3) is 0.179. The lowest BCUT2D eigenvalue weighted by molar-refractivity contribution is -0.131. The maximum absolute atomic E-state index is 13.5. The highest BCUT2D eigenvalue weighted by Crippen LogP contribution is 2.42. The summed E-state index contributed by atoms with van der Waals surface area (Å²) in [4.78, 5) is 40.0. The van der Waals surface area contributed by atoms with E-state index in [0.717, 1.165) is 11.1 Å². The van der Waals surface area contributed by atoms with Gasteiger partial charge in [0.05, 0.1) is 5.92 Å². The molecule has 33 heavy (non-hydrogen) atoms. The number of aryl methyl sites for hydroxylation is 1. The molecule has 0 aliphatic heterocycles. The second-order valence-electron chi connectivity index (χ2n) is 8.39. The van der Waals surface area contributed by atoms with Crippen molar-refractivity contribution in [2.75, 3.05) is 10.6 Å². The van der Waals surface area contributed by atoms with Crippen LogP contribution in [0.1, 0.15) is 24.0 Å². The lowest BCUT2D eigenvalue weighted by Gasteiger charge is -2.35. The van der Waals surface area contributed by atoms with Gasteiger partial charge in [-0.25, -0.2) is 0 Å². The number of carbonyl (C=O) groups excluding carboxylic acids is 3. The van der Waals surface area contributed by atoms with Crippen LogP contribution in [0.4, 0.5) is 11.4 Å². The number of hydrogen-bond donors (Lipinski definition) is 2. The zero-order valence-electron chi connectivity index (χ0n) is 18.6. The summed E-state index contributed by atoms with van der Waals surface area (Å²) in [6.07, 6.45) is 1.44. The number of anilines is 2. The van der Waals surface area contributed by atoms with Crippen molar-refractivity contribution in [1.29, 1.82) is 0 Å². The van der Waals surface area contributed by atoms with Crippen LogP contribution >= 0.6 is 0 Å². The highest BCUT2D eigenvalue weighted by atomic mass is 16.2. The van der Waals surface area contributed by atoms with Crippen LogP contribution in [0.25, 0.3) is 0 Å². The van der Waals surface area contributed by atoms with Crippen LogP contribution in [0, 0.1) is 18.8 Å². The molecule has 0 aromatic heterocycles. The summed E-state index contributed by atoms with van der Waals surface area (Å²) in [7, 11) is 0. The first-order valence-electron chi connectivity index (χ1n) is 10.9. The Balaban J connectivity index is 1.74. The van der Waals surface area contributed by atoms with Crippen molar-refractivity contribution in [3.8, 4) is 0 Å². The van der Waals surface area contributed by atoms with Gasteiger partial charge in [0.1, 0.15) is 5.92 Å². The molecule has 1 aliphatic rings. The first-order chi connectivity index (χ1) is 15.9. The molecule has 2 N–H and O–H groups in total. The molecule has 0 saturated carbocycles. The number of allylic oxidation sites excluding steroid dienone is 1. The smallest absolute Gasteiger partial charge is 0.235 e. The average Bonchev–Trinajstić information content (AvgIpc) is 2.80. The van der Waals surface area contributed by atoms with E-state index in [0.29, 0.717) is 16.9 Å². The van der Waals surface area contributed by atoms with Gasteiger partial charge in [0.15, 0.2) is 5.78 Å². The van der Waals surface area contributed by atoms with Gasteiger partial charge in [-0.1, -0.05) is 71.8 Å². The van der Waals surface area contributed by atoms with Crippen molar-refractivity contribution < 1.29 is 14.4 Å². The third kappa shape index (κ3) is 4.93. The third-order valence-electron chi connectivity index (χ3n) is 6.00. The highest BCUT2D eigenvalue weighted by molar-refractivity contribution is 6.14. The Hall–Kier alpha value is -3.99. The highest BCUT2D eigenvalue weighted by Gasteiger charge is 2.46. The van der Waals surface area contributed by atoms with Crippen LogP contribution in [-0.4, -0.2) is 17.6 Å². The number of nitrogens with one attached hydrogen (secondary N) is 2. The molecular weight excluding hydrogens is 412 g/mol. The van der Waals surface area contributed by atoms with Crippen LogP contribution < -0.4 is 10.6 Å². The van der Waals surface area contributed by atoms with E-state index < -0.39 is 23.7 Å². The van der Waals surface area contributed by atoms with E-state index in [2.05, 4.69) is 10.6 Å². The molecule has 2 amide bonds. The molecule has 3 aromatic carbocycles. The van der Waals surface area contributed by atoms with E-state index >= 15 is 0 Å². The van der Waals surface area contributed by atoms with Crippen LogP contribution in [0.5, 0.6) is 0 Å². The zero-order valence-corrected chi connectivity index (χ0v) is 18.6. The minimum absolute atomic E-state index is 0.245. The van der Waals surface area contributed by atoms with Gasteiger partial charge in [-0.15, -0.1) is 0 Å².